The molecular formula is C20H32N4O3. The Kier molecular flexibility index (Phi) is 7.47. The van der Waals surface area contributed by atoms with Crippen LogP contribution in [0, 0.1) is 13.8 Å². The van der Waals surface area contributed by atoms with Gasteiger partial charge in [0.2, 0.25) is 5.91 Å². The number of nitrogens with zero attached hydrogens (tertiary/aromatic N) is 4. The van der Waals surface area contributed by atoms with Crippen molar-refractivity contribution in [3.63, 3.8) is 0 Å². The maximum atomic E-state index is 12.4. The fraction of sp³-hybridized carbons (Fsp3) is 0.600. The van der Waals surface area contributed by atoms with Crippen LogP contribution in [0.5, 0.6) is 5.75 Å². The van der Waals surface area contributed by atoms with Gasteiger partial charge in [-0.25, -0.2) is 4.79 Å². The van der Waals surface area contributed by atoms with Crippen LogP contribution in [-0.2, 0) is 4.79 Å². The number of benzene rings is 1. The van der Waals surface area contributed by atoms with Crippen LogP contribution in [0.25, 0.3) is 0 Å². The number of hydrogen-bond donors (Lipinski definition) is 0. The van der Waals surface area contributed by atoms with Crippen molar-refractivity contribution >= 4 is 11.9 Å². The Hall–Kier alpha value is -2.28. The zero-order valence-corrected chi connectivity index (χ0v) is 17.2. The molecule has 0 saturated carbocycles. The second kappa shape index (κ2) is 9.60. The van der Waals surface area contributed by atoms with Crippen LogP contribution >= 0.6 is 0 Å². The monoisotopic (exact) mass is 376 g/mol. The topological polar surface area (TPSA) is 56.3 Å². The highest BCUT2D eigenvalue weighted by atomic mass is 16.5. The summed E-state index contributed by atoms with van der Waals surface area (Å²) >= 11 is 0. The van der Waals surface area contributed by atoms with E-state index in [2.05, 4.69) is 11.0 Å². The van der Waals surface area contributed by atoms with Gasteiger partial charge in [-0.15, -0.1) is 0 Å². The Morgan fingerprint density at radius 2 is 1.59 bits per heavy atom. The summed E-state index contributed by atoms with van der Waals surface area (Å²) in [5, 5.41) is 0. The van der Waals surface area contributed by atoms with E-state index in [1.165, 1.54) is 11.1 Å². The molecule has 0 bridgehead atoms. The molecule has 1 heterocycles. The second-order valence-corrected chi connectivity index (χ2v) is 7.43. The van der Waals surface area contributed by atoms with E-state index < -0.39 is 0 Å². The van der Waals surface area contributed by atoms with Gasteiger partial charge < -0.3 is 19.4 Å². The summed E-state index contributed by atoms with van der Waals surface area (Å²) < 4.78 is 5.78. The summed E-state index contributed by atoms with van der Waals surface area (Å²) in [7, 11) is 5.32. The molecule has 1 aromatic carbocycles. The molecule has 0 spiro atoms. The fourth-order valence-corrected chi connectivity index (χ4v) is 3.13. The predicted octanol–water partition coefficient (Wildman–Crippen LogP) is 1.44. The number of carbonyl (C=O) groups excluding carboxylic acids is 2. The van der Waals surface area contributed by atoms with Crippen LogP contribution < -0.4 is 4.74 Å². The van der Waals surface area contributed by atoms with Gasteiger partial charge in [0.25, 0.3) is 0 Å². The van der Waals surface area contributed by atoms with E-state index in [9.17, 15) is 9.59 Å². The smallest absolute Gasteiger partial charge is 0.319 e. The molecule has 1 aromatic rings. The Labute approximate surface area is 162 Å². The predicted molar refractivity (Wildman–Crippen MR) is 106 cm³/mol. The van der Waals surface area contributed by atoms with E-state index >= 15 is 0 Å². The summed E-state index contributed by atoms with van der Waals surface area (Å²) in [5.74, 6) is 0.918. The third kappa shape index (κ3) is 6.43. The second-order valence-electron chi connectivity index (χ2n) is 7.43. The van der Waals surface area contributed by atoms with Crippen molar-refractivity contribution in [1.29, 1.82) is 0 Å². The highest BCUT2D eigenvalue weighted by molar-refractivity contribution is 5.78. The van der Waals surface area contributed by atoms with Gasteiger partial charge in [0.05, 0.1) is 13.1 Å². The first-order chi connectivity index (χ1) is 12.8. The number of rotatable bonds is 6. The number of carbonyl (C=O) groups is 2. The molecule has 1 saturated heterocycles. The molecule has 2 rings (SSSR count). The molecule has 0 atom stereocenters. The zero-order chi connectivity index (χ0) is 20.0. The summed E-state index contributed by atoms with van der Waals surface area (Å²) in [6.07, 6.45) is 0. The highest BCUT2D eigenvalue weighted by Crippen LogP contribution is 2.16. The Morgan fingerprint density at radius 3 is 2.15 bits per heavy atom. The number of aryl methyl sites for hydroxylation is 2. The minimum Gasteiger partial charge on any atom is -0.492 e. The third-order valence-corrected chi connectivity index (χ3v) is 4.70. The average Bonchev–Trinajstić information content (AvgIpc) is 2.60. The molecule has 0 unspecified atom stereocenters. The molecular weight excluding hydrogens is 344 g/mol. The molecule has 0 aromatic heterocycles. The first kappa shape index (κ1) is 21.0. The quantitative estimate of drug-likeness (QED) is 0.754. The van der Waals surface area contributed by atoms with Crippen molar-refractivity contribution in [2.75, 3.05) is 67.0 Å². The SMILES string of the molecule is Cc1cc(C)cc(OCCN(C)C(=O)CN2CCN(C(=O)N(C)C)CC2)c1. The highest BCUT2D eigenvalue weighted by Gasteiger charge is 2.24. The van der Waals surface area contributed by atoms with E-state index in [4.69, 9.17) is 4.74 Å². The normalized spacial score (nSPS) is 14.8. The molecule has 0 N–H and O–H groups in total. The van der Waals surface area contributed by atoms with Gasteiger partial charge in [0.1, 0.15) is 12.4 Å². The number of amides is 3. The molecule has 7 nitrogen and oxygen atoms in total. The molecule has 0 aliphatic carbocycles. The summed E-state index contributed by atoms with van der Waals surface area (Å²) in [6, 6.07) is 6.14. The standard InChI is InChI=1S/C20H32N4O3/c1-16-12-17(2)14-18(13-16)27-11-10-22(5)19(25)15-23-6-8-24(9-7-23)20(26)21(3)4/h12-14H,6-11,15H2,1-5H3. The number of piperazine rings is 1. The fourth-order valence-electron chi connectivity index (χ4n) is 3.13. The molecule has 150 valence electrons. The molecule has 0 radical (unpaired) electrons. The van der Waals surface area contributed by atoms with Crippen molar-refractivity contribution in [2.24, 2.45) is 0 Å². The number of ether oxygens (including phenoxy) is 1. The molecule has 1 aliphatic rings. The van der Waals surface area contributed by atoms with Gasteiger partial charge in [-0.3, -0.25) is 9.69 Å². The van der Waals surface area contributed by atoms with Crippen LogP contribution in [0.2, 0.25) is 0 Å². The molecule has 1 fully saturated rings. The Bertz CT molecular complexity index is 634. The van der Waals surface area contributed by atoms with Crippen molar-refractivity contribution in [3.8, 4) is 5.75 Å². The van der Waals surface area contributed by atoms with Crippen LogP contribution in [0.15, 0.2) is 18.2 Å². The van der Waals surface area contributed by atoms with Crippen LogP contribution in [-0.4, -0.2) is 98.6 Å². The van der Waals surface area contributed by atoms with E-state index in [0.29, 0.717) is 32.8 Å². The Balaban J connectivity index is 1.70. The molecule has 7 heteroatoms. The van der Waals surface area contributed by atoms with Crippen molar-refractivity contribution in [3.05, 3.63) is 29.3 Å². The van der Waals surface area contributed by atoms with Crippen LogP contribution in [0.4, 0.5) is 4.79 Å². The first-order valence-electron chi connectivity index (χ1n) is 9.40. The number of urea groups is 1. The lowest BCUT2D eigenvalue weighted by Gasteiger charge is -2.36. The van der Waals surface area contributed by atoms with E-state index in [0.717, 1.165) is 18.8 Å². The first-order valence-corrected chi connectivity index (χ1v) is 9.40. The summed E-state index contributed by atoms with van der Waals surface area (Å²) in [5.41, 5.74) is 2.34. The maximum absolute atomic E-state index is 12.4. The van der Waals surface area contributed by atoms with Crippen LogP contribution in [0.1, 0.15) is 11.1 Å². The summed E-state index contributed by atoms with van der Waals surface area (Å²) in [4.78, 5) is 31.6. The minimum atomic E-state index is 0.0293. The van der Waals surface area contributed by atoms with E-state index in [-0.39, 0.29) is 11.9 Å². The third-order valence-electron chi connectivity index (χ3n) is 4.70. The maximum Gasteiger partial charge on any atom is 0.319 e. The number of likely N-dealkylation sites (N-methyl/N-ethyl adjacent to an activating group) is 1. The van der Waals surface area contributed by atoms with E-state index in [1.807, 2.05) is 30.9 Å². The van der Waals surface area contributed by atoms with Crippen LogP contribution in [0.3, 0.4) is 0 Å². The zero-order valence-electron chi connectivity index (χ0n) is 17.2. The van der Waals surface area contributed by atoms with Gasteiger partial charge in [-0.1, -0.05) is 6.07 Å². The van der Waals surface area contributed by atoms with Gasteiger partial charge in [-0.2, -0.15) is 0 Å². The van der Waals surface area contributed by atoms with E-state index in [1.54, 1.807) is 30.9 Å². The largest absolute Gasteiger partial charge is 0.492 e. The van der Waals surface area contributed by atoms with Crippen molar-refractivity contribution in [1.82, 2.24) is 19.6 Å². The molecule has 1 aliphatic heterocycles. The van der Waals surface area contributed by atoms with Gasteiger partial charge >= 0.3 is 6.03 Å². The molecule has 3 amide bonds. The van der Waals surface area contributed by atoms with Gasteiger partial charge in [-0.05, 0) is 37.1 Å². The van der Waals surface area contributed by atoms with Crippen molar-refractivity contribution in [2.45, 2.75) is 13.8 Å². The minimum absolute atomic E-state index is 0.0293. The molecule has 27 heavy (non-hydrogen) atoms. The lowest BCUT2D eigenvalue weighted by atomic mass is 10.1. The Morgan fingerprint density at radius 1 is 1.00 bits per heavy atom. The number of hydrogen-bond acceptors (Lipinski definition) is 4. The summed E-state index contributed by atoms with van der Waals surface area (Å²) in [6.45, 7) is 8.23. The lowest BCUT2D eigenvalue weighted by Crippen LogP contribution is -2.53. The lowest BCUT2D eigenvalue weighted by molar-refractivity contribution is -0.131. The van der Waals surface area contributed by atoms with Gasteiger partial charge in [0.15, 0.2) is 0 Å². The average molecular weight is 377 g/mol. The van der Waals surface area contributed by atoms with Gasteiger partial charge in [0, 0.05) is 47.3 Å². The van der Waals surface area contributed by atoms with Crippen molar-refractivity contribution < 1.29 is 14.3 Å².